The number of fused-ring (bicyclic) bond motifs is 9. The maximum Gasteiger partial charge on any atom is 0.126 e. The van der Waals surface area contributed by atoms with E-state index in [1.807, 2.05) is 6.92 Å². The molecule has 5 heteroatoms. The summed E-state index contributed by atoms with van der Waals surface area (Å²) in [7, 11) is 0. The molecule has 4 aromatic heterocycles. The van der Waals surface area contributed by atoms with E-state index in [4.69, 9.17) is 9.97 Å². The summed E-state index contributed by atoms with van der Waals surface area (Å²) < 4.78 is 7.62. The molecule has 378 valence electrons. The van der Waals surface area contributed by atoms with Gasteiger partial charge in [-0.2, -0.15) is 0 Å². The van der Waals surface area contributed by atoms with E-state index in [9.17, 15) is 0 Å². The SMILES string of the molecule is Cc1ccc2c(c1)c1cc(C)ccc1n2-c1cccc(-c2cc(-c3cc(C)nc(C)n3)cc(-c3cccc(-n4c5ccc(C)cc5c5cc(C)ccc54)c3)c2-n2c3c(C)c(C)c(C)c(C)c3c3c(C)c(C)c(C)c(C)c32)c1. The van der Waals surface area contributed by atoms with Crippen LogP contribution in [-0.4, -0.2) is 23.7 Å². The van der Waals surface area contributed by atoms with Crippen LogP contribution in [0.1, 0.15) is 78.3 Å². The Morgan fingerprint density at radius 1 is 0.312 bits per heavy atom. The minimum Gasteiger partial charge on any atom is -0.309 e. The van der Waals surface area contributed by atoms with Crippen LogP contribution in [0.15, 0.2) is 140 Å². The highest BCUT2D eigenvalue weighted by atomic mass is 15.0. The van der Waals surface area contributed by atoms with E-state index in [1.165, 1.54) is 132 Å². The Morgan fingerprint density at radius 2 is 0.688 bits per heavy atom. The first kappa shape index (κ1) is 48.1. The predicted molar refractivity (Wildman–Crippen MR) is 328 cm³/mol. The summed E-state index contributed by atoms with van der Waals surface area (Å²) in [5.74, 6) is 0.751. The van der Waals surface area contributed by atoms with Crippen LogP contribution in [0.25, 0.3) is 116 Å². The molecular weight excluding hydrogens is 935 g/mol. The molecule has 13 rings (SSSR count). The third-order valence-electron chi connectivity index (χ3n) is 17.6. The zero-order valence-corrected chi connectivity index (χ0v) is 47.0. The van der Waals surface area contributed by atoms with Crippen LogP contribution in [0.5, 0.6) is 0 Å². The van der Waals surface area contributed by atoms with Crippen molar-refractivity contribution >= 4 is 65.4 Å². The monoisotopic (exact) mass is 1000 g/mol. The standard InChI is InChI=1S/C72H65N5/c1-38-21-25-64-59(29-38)60-30-39(2)22-26-65(60)75(64)55-19-15-17-52(34-55)57-36-54(63-33-42(5)73-51(14)74-63)37-58(53-18-16-20-56(35-53)76-66-27-23-40(3)31-61(66)62-32-41(4)24-28-67(62)76)72(57)77-70-49(12)45(8)43(6)47(10)68(70)69-48(11)44(7)46(9)50(13)71(69)77/h15-37H,1-14H3. The molecular formula is C72H65N5. The fourth-order valence-corrected chi connectivity index (χ4v) is 13.1. The molecule has 0 bridgehead atoms. The zero-order chi connectivity index (χ0) is 53.6. The van der Waals surface area contributed by atoms with Crippen molar-refractivity contribution in [2.75, 3.05) is 0 Å². The summed E-state index contributed by atoms with van der Waals surface area (Å²) in [6.45, 7) is 31.5. The summed E-state index contributed by atoms with van der Waals surface area (Å²) in [5, 5.41) is 7.73. The van der Waals surface area contributed by atoms with Gasteiger partial charge in [0.2, 0.25) is 0 Å². The van der Waals surface area contributed by atoms with E-state index in [-0.39, 0.29) is 0 Å². The molecule has 9 aromatic carbocycles. The second-order valence-corrected chi connectivity index (χ2v) is 22.5. The van der Waals surface area contributed by atoms with Crippen molar-refractivity contribution in [3.05, 3.63) is 218 Å². The second kappa shape index (κ2) is 17.5. The molecule has 0 amide bonds. The largest absolute Gasteiger partial charge is 0.309 e. The van der Waals surface area contributed by atoms with Gasteiger partial charge < -0.3 is 13.7 Å². The first-order valence-corrected chi connectivity index (χ1v) is 27.2. The normalized spacial score (nSPS) is 12.0. The summed E-state index contributed by atoms with van der Waals surface area (Å²) >= 11 is 0. The summed E-state index contributed by atoms with van der Waals surface area (Å²) in [4.78, 5) is 10.0. The van der Waals surface area contributed by atoms with Crippen molar-refractivity contribution in [2.45, 2.75) is 96.9 Å². The van der Waals surface area contributed by atoms with Crippen LogP contribution in [0, 0.1) is 96.9 Å². The molecule has 5 nitrogen and oxygen atoms in total. The van der Waals surface area contributed by atoms with Crippen molar-refractivity contribution in [1.29, 1.82) is 0 Å². The van der Waals surface area contributed by atoms with Crippen LogP contribution in [0.4, 0.5) is 0 Å². The highest BCUT2D eigenvalue weighted by molar-refractivity contribution is 6.17. The number of benzene rings is 9. The first-order valence-electron chi connectivity index (χ1n) is 27.2. The van der Waals surface area contributed by atoms with Gasteiger partial charge in [0, 0.05) is 66.1 Å². The lowest BCUT2D eigenvalue weighted by molar-refractivity contribution is 1.02. The van der Waals surface area contributed by atoms with E-state index < -0.39 is 0 Å². The summed E-state index contributed by atoms with van der Waals surface area (Å²) in [6, 6.07) is 53.1. The Bertz CT molecular complexity index is 4310. The molecule has 0 fully saturated rings. The Labute approximate surface area is 452 Å². The highest BCUT2D eigenvalue weighted by Gasteiger charge is 2.29. The number of aryl methyl sites for hydroxylation is 10. The van der Waals surface area contributed by atoms with Crippen LogP contribution in [0.2, 0.25) is 0 Å². The number of hydrogen-bond donors (Lipinski definition) is 0. The van der Waals surface area contributed by atoms with Gasteiger partial charge in [0.1, 0.15) is 5.82 Å². The predicted octanol–water partition coefficient (Wildman–Crippen LogP) is 19.1. The van der Waals surface area contributed by atoms with Gasteiger partial charge in [-0.15, -0.1) is 0 Å². The molecule has 0 saturated heterocycles. The summed E-state index contributed by atoms with van der Waals surface area (Å²) in [6.07, 6.45) is 0. The summed E-state index contributed by atoms with van der Waals surface area (Å²) in [5.41, 5.74) is 33.6. The molecule has 0 aliphatic carbocycles. The minimum atomic E-state index is 0.751. The Kier molecular flexibility index (Phi) is 10.9. The van der Waals surface area contributed by atoms with Gasteiger partial charge in [-0.25, -0.2) is 9.97 Å². The van der Waals surface area contributed by atoms with Crippen LogP contribution >= 0.6 is 0 Å². The molecule has 0 radical (unpaired) electrons. The maximum atomic E-state index is 5.22. The van der Waals surface area contributed by atoms with E-state index in [1.54, 1.807) is 0 Å². The lowest BCUT2D eigenvalue weighted by Crippen LogP contribution is -2.06. The molecule has 77 heavy (non-hydrogen) atoms. The minimum absolute atomic E-state index is 0.751. The molecule has 0 unspecified atom stereocenters. The van der Waals surface area contributed by atoms with Crippen molar-refractivity contribution < 1.29 is 0 Å². The molecule has 0 aliphatic rings. The fourth-order valence-electron chi connectivity index (χ4n) is 13.1. The van der Waals surface area contributed by atoms with E-state index in [2.05, 4.69) is 243 Å². The zero-order valence-electron chi connectivity index (χ0n) is 47.0. The molecule has 0 N–H and O–H groups in total. The number of nitrogens with zero attached hydrogens (tertiary/aromatic N) is 5. The fraction of sp³-hybridized carbons (Fsp3) is 0.194. The Balaban J connectivity index is 1.22. The van der Waals surface area contributed by atoms with E-state index >= 15 is 0 Å². The quantitative estimate of drug-likeness (QED) is 0.167. The first-order chi connectivity index (χ1) is 37.0. The third-order valence-corrected chi connectivity index (χ3v) is 17.6. The van der Waals surface area contributed by atoms with Crippen molar-refractivity contribution in [3.8, 4) is 50.6 Å². The van der Waals surface area contributed by atoms with Crippen LogP contribution < -0.4 is 0 Å². The molecule has 0 aliphatic heterocycles. The molecule has 4 heterocycles. The maximum absolute atomic E-state index is 5.22. The Morgan fingerprint density at radius 3 is 1.06 bits per heavy atom. The molecule has 0 saturated carbocycles. The number of rotatable bonds is 6. The number of aromatic nitrogens is 5. The van der Waals surface area contributed by atoms with Crippen molar-refractivity contribution in [3.63, 3.8) is 0 Å². The van der Waals surface area contributed by atoms with Gasteiger partial charge in [-0.3, -0.25) is 0 Å². The third kappa shape index (κ3) is 7.27. The van der Waals surface area contributed by atoms with E-state index in [0.29, 0.717) is 0 Å². The topological polar surface area (TPSA) is 40.6 Å². The lowest BCUT2D eigenvalue weighted by Gasteiger charge is -2.24. The van der Waals surface area contributed by atoms with Gasteiger partial charge >= 0.3 is 0 Å². The average Bonchev–Trinajstić information content (AvgIpc) is 4.25. The van der Waals surface area contributed by atoms with Gasteiger partial charge in [0.05, 0.1) is 44.5 Å². The second-order valence-electron chi connectivity index (χ2n) is 22.5. The molecule has 0 spiro atoms. The lowest BCUT2D eigenvalue weighted by atomic mass is 9.90. The molecule has 0 atom stereocenters. The average molecular weight is 1000 g/mol. The van der Waals surface area contributed by atoms with Crippen molar-refractivity contribution in [2.24, 2.45) is 0 Å². The molecule has 13 aromatic rings. The van der Waals surface area contributed by atoms with Gasteiger partial charge in [-0.1, -0.05) is 70.8 Å². The van der Waals surface area contributed by atoms with Crippen molar-refractivity contribution in [1.82, 2.24) is 23.7 Å². The van der Waals surface area contributed by atoms with Gasteiger partial charge in [0.25, 0.3) is 0 Å². The van der Waals surface area contributed by atoms with Crippen LogP contribution in [0.3, 0.4) is 0 Å². The van der Waals surface area contributed by atoms with Gasteiger partial charge in [-0.05, 0) is 244 Å². The van der Waals surface area contributed by atoms with Crippen LogP contribution in [-0.2, 0) is 0 Å². The Hall–Kier alpha value is -8.54. The smallest absolute Gasteiger partial charge is 0.126 e. The van der Waals surface area contributed by atoms with E-state index in [0.717, 1.165) is 62.1 Å². The highest BCUT2D eigenvalue weighted by Crippen LogP contribution is 2.49. The number of hydrogen-bond acceptors (Lipinski definition) is 2. The van der Waals surface area contributed by atoms with Gasteiger partial charge in [0.15, 0.2) is 0 Å².